The quantitative estimate of drug-likeness (QED) is 0.0931. The van der Waals surface area contributed by atoms with E-state index in [2.05, 4.69) is 4.74 Å². The van der Waals surface area contributed by atoms with E-state index in [0.717, 1.165) is 19.3 Å². The van der Waals surface area contributed by atoms with Gasteiger partial charge in [-0.1, -0.05) is 18.2 Å². The molecule has 1 atom stereocenters. The van der Waals surface area contributed by atoms with Crippen LogP contribution in [0.2, 0.25) is 0 Å². The molecule has 0 bridgehead atoms. The fourth-order valence-corrected chi connectivity index (χ4v) is 3.29. The number of rotatable bonds is 10. The van der Waals surface area contributed by atoms with Crippen LogP contribution in [0.4, 0.5) is 0 Å². The Hall–Kier alpha value is -5.65. The lowest BCUT2D eigenvalue weighted by Crippen LogP contribution is -2.28. The molecule has 0 saturated carbocycles. The van der Waals surface area contributed by atoms with E-state index in [0.29, 0.717) is 11.1 Å². The number of hydrogen-bond acceptors (Lipinski definition) is 11. The zero-order valence-electron chi connectivity index (χ0n) is 20.8. The van der Waals surface area contributed by atoms with E-state index < -0.39 is 41.3 Å². The average Bonchev–Trinajstić information content (AvgIpc) is 2.91. The van der Waals surface area contributed by atoms with Crippen molar-refractivity contribution in [2.24, 2.45) is 0 Å². The van der Waals surface area contributed by atoms with Gasteiger partial charge in [-0.3, -0.25) is 0 Å². The third kappa shape index (κ3) is 7.68. The van der Waals surface area contributed by atoms with Gasteiger partial charge in [-0.15, -0.1) is 0 Å². The highest BCUT2D eigenvalue weighted by molar-refractivity contribution is 5.92. The third-order valence-corrected chi connectivity index (χ3v) is 5.29. The van der Waals surface area contributed by atoms with E-state index in [1.165, 1.54) is 60.7 Å². The normalized spacial score (nSPS) is 12.1. The highest BCUT2D eigenvalue weighted by atomic mass is 16.6. The minimum atomic E-state index is -1.58. The Bertz CT molecular complexity index is 1490. The first-order chi connectivity index (χ1) is 19.0. The monoisotopic (exact) mass is 552 g/mol. The highest BCUT2D eigenvalue weighted by Gasteiger charge is 2.22. The topological polar surface area (TPSA) is 200 Å². The van der Waals surface area contributed by atoms with E-state index in [-0.39, 0.29) is 35.0 Å². The van der Waals surface area contributed by atoms with E-state index in [1.807, 2.05) is 0 Å². The van der Waals surface area contributed by atoms with Gasteiger partial charge < -0.3 is 44.8 Å². The molecule has 0 amide bonds. The van der Waals surface area contributed by atoms with Crippen molar-refractivity contribution >= 4 is 30.1 Å². The minimum Gasteiger partial charge on any atom is -0.504 e. The molecule has 0 fully saturated rings. The van der Waals surface area contributed by atoms with Gasteiger partial charge in [0.2, 0.25) is 11.9 Å². The maximum Gasteiger partial charge on any atom is 0.373 e. The highest BCUT2D eigenvalue weighted by Crippen LogP contribution is 2.31. The third-order valence-electron chi connectivity index (χ3n) is 5.29. The first-order valence-electron chi connectivity index (χ1n) is 11.4. The molecule has 0 saturated heterocycles. The van der Waals surface area contributed by atoms with Crippen molar-refractivity contribution in [1.29, 1.82) is 0 Å². The summed E-state index contributed by atoms with van der Waals surface area (Å²) in [5, 5.41) is 57.8. The van der Waals surface area contributed by atoms with Crippen molar-refractivity contribution in [3.63, 3.8) is 0 Å². The molecule has 0 aromatic heterocycles. The lowest BCUT2D eigenvalue weighted by molar-refractivity contribution is -0.160. The van der Waals surface area contributed by atoms with Crippen molar-refractivity contribution < 1.29 is 59.2 Å². The molecular formula is C28H24O12. The van der Waals surface area contributed by atoms with Gasteiger partial charge in [0.1, 0.15) is 0 Å². The number of phenols is 5. The van der Waals surface area contributed by atoms with Crippen molar-refractivity contribution in [2.75, 3.05) is 7.11 Å². The smallest absolute Gasteiger partial charge is 0.373 e. The van der Waals surface area contributed by atoms with Crippen molar-refractivity contribution in [3.8, 4) is 34.5 Å². The van der Waals surface area contributed by atoms with Gasteiger partial charge >= 0.3 is 17.9 Å². The van der Waals surface area contributed by atoms with Gasteiger partial charge in [-0.05, 0) is 65.2 Å². The molecule has 12 nitrogen and oxygen atoms in total. The summed E-state index contributed by atoms with van der Waals surface area (Å²) in [4.78, 5) is 35.9. The summed E-state index contributed by atoms with van der Waals surface area (Å²) in [6, 6.07) is 11.4. The maximum atomic E-state index is 12.2. The molecule has 0 heterocycles. The van der Waals surface area contributed by atoms with Crippen LogP contribution in [0.15, 0.2) is 66.4 Å². The van der Waals surface area contributed by atoms with E-state index in [9.17, 15) is 45.0 Å². The molecular weight excluding hydrogens is 528 g/mol. The van der Waals surface area contributed by atoms with E-state index in [4.69, 9.17) is 9.47 Å². The van der Waals surface area contributed by atoms with Gasteiger partial charge in [0.15, 0.2) is 34.5 Å². The summed E-state index contributed by atoms with van der Waals surface area (Å²) in [7, 11) is 1.12. The van der Waals surface area contributed by atoms with Crippen LogP contribution >= 0.6 is 0 Å². The summed E-state index contributed by atoms with van der Waals surface area (Å²) < 4.78 is 15.1. The Balaban J connectivity index is 1.71. The van der Waals surface area contributed by atoms with Gasteiger partial charge in [0.05, 0.1) is 7.11 Å². The first kappa shape index (κ1) is 28.9. The molecule has 208 valence electrons. The second-order valence-corrected chi connectivity index (χ2v) is 8.20. The zero-order chi connectivity index (χ0) is 29.4. The SMILES string of the molecule is COC(=O)/C(=C/c1ccc(O)c(O)c1)Oc1ccc(/C=C/C(=O)O[C@H](Cc2ccc(O)c(O)c2)C(=O)O)cc1O. The number of carbonyl (C=O) groups is 3. The van der Waals surface area contributed by atoms with Crippen LogP contribution in [-0.2, 0) is 30.3 Å². The Morgan fingerprint density at radius 1 is 0.800 bits per heavy atom. The predicted octanol–water partition coefficient (Wildman–Crippen LogP) is 3.06. The molecule has 0 aliphatic carbocycles. The summed E-state index contributed by atoms with van der Waals surface area (Å²) in [5.41, 5.74) is 0.891. The van der Waals surface area contributed by atoms with Gasteiger partial charge in [0.25, 0.3) is 0 Å². The van der Waals surface area contributed by atoms with Crippen molar-refractivity contribution in [1.82, 2.24) is 0 Å². The molecule has 0 radical (unpaired) electrons. The molecule has 12 heteroatoms. The number of ether oxygens (including phenoxy) is 3. The molecule has 3 rings (SSSR count). The van der Waals surface area contributed by atoms with Crippen LogP contribution in [0.5, 0.6) is 34.5 Å². The summed E-state index contributed by atoms with van der Waals surface area (Å²) in [6.45, 7) is 0. The van der Waals surface area contributed by atoms with Crippen molar-refractivity contribution in [2.45, 2.75) is 12.5 Å². The lowest BCUT2D eigenvalue weighted by Gasteiger charge is -2.13. The Labute approximate surface area is 226 Å². The molecule has 0 spiro atoms. The number of hydrogen-bond donors (Lipinski definition) is 6. The molecule has 0 unspecified atom stereocenters. The number of carboxylic acid groups (broad SMARTS) is 1. The lowest BCUT2D eigenvalue weighted by atomic mass is 10.1. The predicted molar refractivity (Wildman–Crippen MR) is 139 cm³/mol. The largest absolute Gasteiger partial charge is 0.504 e. The number of aliphatic carboxylic acids is 1. The Kier molecular flexibility index (Phi) is 9.21. The minimum absolute atomic E-state index is 0.150. The second-order valence-electron chi connectivity index (χ2n) is 8.20. The zero-order valence-corrected chi connectivity index (χ0v) is 20.8. The molecule has 3 aromatic carbocycles. The number of benzene rings is 3. The number of aromatic hydroxyl groups is 5. The van der Waals surface area contributed by atoms with Crippen LogP contribution in [0.1, 0.15) is 16.7 Å². The summed E-state index contributed by atoms with van der Waals surface area (Å²) in [6.07, 6.45) is 1.55. The van der Waals surface area contributed by atoms with Gasteiger partial charge in [0, 0.05) is 12.5 Å². The van der Waals surface area contributed by atoms with Crippen LogP contribution in [-0.4, -0.2) is 61.8 Å². The van der Waals surface area contributed by atoms with Crippen molar-refractivity contribution in [3.05, 3.63) is 83.1 Å². The molecule has 40 heavy (non-hydrogen) atoms. The Morgan fingerprint density at radius 2 is 1.43 bits per heavy atom. The van der Waals surface area contributed by atoms with Crippen LogP contribution in [0, 0.1) is 0 Å². The molecule has 3 aromatic rings. The van der Waals surface area contributed by atoms with Gasteiger partial charge in [-0.25, -0.2) is 14.4 Å². The van der Waals surface area contributed by atoms with E-state index in [1.54, 1.807) is 0 Å². The number of esters is 2. The standard InChI is InChI=1S/C28H24O12/c1-38-28(37)25(14-17-3-7-19(30)21(32)12-17)39-23-8-4-15(10-22(23)33)5-9-26(34)40-24(27(35)36)13-16-2-6-18(29)20(31)11-16/h2-12,14,24,29-33H,13H2,1H3,(H,35,36)/b9-5+,25-14-/t24-/m1/s1. The Morgan fingerprint density at radius 3 is 2.02 bits per heavy atom. The summed E-state index contributed by atoms with van der Waals surface area (Å²) >= 11 is 0. The fourth-order valence-electron chi connectivity index (χ4n) is 3.29. The fraction of sp³-hybridized carbons (Fsp3) is 0.107. The number of methoxy groups -OCH3 is 1. The first-order valence-corrected chi connectivity index (χ1v) is 11.4. The van der Waals surface area contributed by atoms with Crippen LogP contribution in [0.25, 0.3) is 12.2 Å². The average molecular weight is 552 g/mol. The van der Waals surface area contributed by atoms with Gasteiger partial charge in [-0.2, -0.15) is 0 Å². The number of carbonyl (C=O) groups excluding carboxylic acids is 2. The molecule has 6 N–H and O–H groups in total. The van der Waals surface area contributed by atoms with E-state index >= 15 is 0 Å². The number of carboxylic acids is 1. The van der Waals surface area contributed by atoms with Crippen LogP contribution in [0.3, 0.4) is 0 Å². The second kappa shape index (κ2) is 12.7. The maximum absolute atomic E-state index is 12.2. The molecule has 0 aliphatic rings. The van der Waals surface area contributed by atoms with Crippen LogP contribution < -0.4 is 4.74 Å². The molecule has 0 aliphatic heterocycles. The summed E-state index contributed by atoms with van der Waals surface area (Å²) in [5.74, 6) is -5.86. The number of phenolic OH excluding ortho intramolecular Hbond substituents is 5.